The summed E-state index contributed by atoms with van der Waals surface area (Å²) in [5, 5.41) is 0.130. The van der Waals surface area contributed by atoms with E-state index in [0.29, 0.717) is 62.0 Å². The maximum Gasteiger partial charge on any atom is 0.152 e. The number of hydrogen-bond acceptors (Lipinski definition) is 5. The summed E-state index contributed by atoms with van der Waals surface area (Å²) in [6.07, 6.45) is 0. The van der Waals surface area contributed by atoms with Crippen LogP contribution in [0.4, 0.5) is 25.8 Å². The smallest absolute Gasteiger partial charge is 0.152 e. The minimum Gasteiger partial charge on any atom is -0.378 e. The van der Waals surface area contributed by atoms with E-state index in [9.17, 15) is 8.78 Å². The third kappa shape index (κ3) is 3.52. The molecule has 3 aliphatic rings. The number of ether oxygens (including phenoxy) is 2. The van der Waals surface area contributed by atoms with E-state index in [1.165, 1.54) is 12.1 Å². The Bertz CT molecular complexity index is 1090. The maximum atomic E-state index is 14.9. The third-order valence-corrected chi connectivity index (χ3v) is 7.78. The summed E-state index contributed by atoms with van der Waals surface area (Å²) in [7, 11) is 5.78. The Morgan fingerprint density at radius 2 is 1.38 bits per heavy atom. The first-order chi connectivity index (χ1) is 14.1. The SMILES string of the molecule is Fc1cc(N2CCOCC2)cc2c1N=c1c(F)cc(N3CCOCC3)cc1=S2Cl. The highest BCUT2D eigenvalue weighted by molar-refractivity contribution is 8.29. The highest BCUT2D eigenvalue weighted by Crippen LogP contribution is 2.46. The summed E-state index contributed by atoms with van der Waals surface area (Å²) >= 11 is 0. The van der Waals surface area contributed by atoms with Crippen LogP contribution in [-0.2, 0) is 9.47 Å². The van der Waals surface area contributed by atoms with Crippen molar-refractivity contribution in [1.82, 2.24) is 0 Å². The van der Waals surface area contributed by atoms with E-state index < -0.39 is 21.3 Å². The van der Waals surface area contributed by atoms with Crippen LogP contribution in [0.25, 0.3) is 0 Å². The molecule has 0 saturated carbocycles. The maximum absolute atomic E-state index is 14.9. The van der Waals surface area contributed by atoms with Crippen LogP contribution in [0, 0.1) is 16.1 Å². The molecule has 2 aromatic rings. The van der Waals surface area contributed by atoms with Gasteiger partial charge in [0.05, 0.1) is 26.4 Å². The largest absolute Gasteiger partial charge is 0.378 e. The zero-order valence-electron chi connectivity index (χ0n) is 15.7. The van der Waals surface area contributed by atoms with Gasteiger partial charge < -0.3 is 19.3 Å². The van der Waals surface area contributed by atoms with Gasteiger partial charge in [-0.05, 0) is 34.9 Å². The van der Waals surface area contributed by atoms with Gasteiger partial charge in [-0.1, -0.05) is 9.70 Å². The highest BCUT2D eigenvalue weighted by atomic mass is 35.7. The second-order valence-electron chi connectivity index (χ2n) is 7.12. The molecular weight excluding hydrogens is 420 g/mol. The van der Waals surface area contributed by atoms with E-state index >= 15 is 0 Å². The number of anilines is 2. The molecule has 5 nitrogen and oxygen atoms in total. The molecule has 1 atom stereocenters. The lowest BCUT2D eigenvalue weighted by Gasteiger charge is -2.30. The average Bonchev–Trinajstić information content (AvgIpc) is 2.76. The molecule has 0 radical (unpaired) electrons. The Labute approximate surface area is 173 Å². The lowest BCUT2D eigenvalue weighted by Crippen LogP contribution is -2.36. The van der Waals surface area contributed by atoms with E-state index in [1.54, 1.807) is 0 Å². The molecule has 0 aromatic heterocycles. The number of nitrogens with zero attached hydrogens (tertiary/aromatic N) is 3. The molecule has 0 bridgehead atoms. The second-order valence-corrected chi connectivity index (χ2v) is 9.43. The zero-order valence-corrected chi connectivity index (χ0v) is 17.2. The molecule has 3 aliphatic heterocycles. The van der Waals surface area contributed by atoms with E-state index in [0.717, 1.165) is 11.4 Å². The number of morpholine rings is 2. The molecular formula is C20H20ClF2N3O2S. The Hall–Kier alpha value is -1.74. The fourth-order valence-corrected chi connectivity index (χ4v) is 5.87. The first-order valence-corrected chi connectivity index (χ1v) is 11.6. The van der Waals surface area contributed by atoms with Crippen molar-refractivity contribution in [2.45, 2.75) is 4.90 Å². The predicted octanol–water partition coefficient (Wildman–Crippen LogP) is 3.64. The molecule has 0 spiro atoms. The Morgan fingerprint density at radius 1 is 0.828 bits per heavy atom. The average molecular weight is 440 g/mol. The Kier molecular flexibility index (Phi) is 5.19. The van der Waals surface area contributed by atoms with Gasteiger partial charge in [0.1, 0.15) is 11.0 Å². The van der Waals surface area contributed by atoms with Crippen LogP contribution in [-0.4, -0.2) is 52.6 Å². The van der Waals surface area contributed by atoms with Crippen LogP contribution in [0.5, 0.6) is 0 Å². The lowest BCUT2D eigenvalue weighted by molar-refractivity contribution is 0.122. The standard InChI is InChI=1S/C20H20ClF2N3O2S/c21-29-17-11-13(25-1-5-27-6-2-25)9-15(22)19(17)24-20-16(23)10-14(12-18(20)29)26-3-7-28-8-4-26/h9-12H,1-8H2. The van der Waals surface area contributed by atoms with Crippen LogP contribution in [0.3, 0.4) is 0 Å². The van der Waals surface area contributed by atoms with Gasteiger partial charge >= 0.3 is 0 Å². The van der Waals surface area contributed by atoms with Crippen LogP contribution < -0.4 is 15.2 Å². The monoisotopic (exact) mass is 439 g/mol. The summed E-state index contributed by atoms with van der Waals surface area (Å²) in [5.41, 5.74) is 1.64. The molecule has 3 heterocycles. The van der Waals surface area contributed by atoms with E-state index in [-0.39, 0.29) is 11.0 Å². The Morgan fingerprint density at radius 3 is 2.00 bits per heavy atom. The summed E-state index contributed by atoms with van der Waals surface area (Å²) in [6, 6.07) is 6.66. The molecule has 0 amide bonds. The van der Waals surface area contributed by atoms with Crippen molar-refractivity contribution in [3.8, 4) is 0 Å². The molecule has 0 N–H and O–H groups in total. The summed E-state index contributed by atoms with van der Waals surface area (Å²) in [6.45, 7) is 5.18. The summed E-state index contributed by atoms with van der Waals surface area (Å²) in [4.78, 5) is 9.05. The topological polar surface area (TPSA) is 37.3 Å². The van der Waals surface area contributed by atoms with Gasteiger partial charge in [0.15, 0.2) is 11.6 Å². The summed E-state index contributed by atoms with van der Waals surface area (Å²) < 4.78 is 41.2. The van der Waals surface area contributed by atoms with Gasteiger partial charge in [0.2, 0.25) is 0 Å². The molecule has 154 valence electrons. The molecule has 5 rings (SSSR count). The minimum atomic E-state index is -1.01. The molecule has 2 saturated heterocycles. The van der Waals surface area contributed by atoms with E-state index in [1.807, 2.05) is 12.1 Å². The van der Waals surface area contributed by atoms with Crippen molar-refractivity contribution in [2.75, 3.05) is 62.4 Å². The van der Waals surface area contributed by atoms with Crippen LogP contribution in [0.1, 0.15) is 0 Å². The zero-order chi connectivity index (χ0) is 20.0. The van der Waals surface area contributed by atoms with Crippen molar-refractivity contribution in [2.24, 2.45) is 4.99 Å². The number of halogens is 3. The molecule has 2 fully saturated rings. The third-order valence-electron chi connectivity index (χ3n) is 5.39. The Balaban J connectivity index is 1.64. The van der Waals surface area contributed by atoms with Crippen molar-refractivity contribution in [3.63, 3.8) is 0 Å². The molecule has 1 unspecified atom stereocenters. The van der Waals surface area contributed by atoms with E-state index in [4.69, 9.17) is 20.2 Å². The van der Waals surface area contributed by atoms with Gasteiger partial charge in [0.25, 0.3) is 0 Å². The van der Waals surface area contributed by atoms with Crippen LogP contribution >= 0.6 is 20.4 Å². The van der Waals surface area contributed by atoms with Gasteiger partial charge in [-0.3, -0.25) is 0 Å². The number of rotatable bonds is 2. The van der Waals surface area contributed by atoms with Crippen molar-refractivity contribution < 1.29 is 18.3 Å². The fourth-order valence-electron chi connectivity index (χ4n) is 3.85. The van der Waals surface area contributed by atoms with Gasteiger partial charge in [-0.2, -0.15) is 0 Å². The lowest BCUT2D eigenvalue weighted by atomic mass is 10.2. The van der Waals surface area contributed by atoms with Crippen LogP contribution in [0.15, 0.2) is 34.2 Å². The first kappa shape index (κ1) is 19.2. The van der Waals surface area contributed by atoms with Crippen LogP contribution in [0.2, 0.25) is 0 Å². The fraction of sp³-hybridized carbons (Fsp3) is 0.400. The van der Waals surface area contributed by atoms with Crippen molar-refractivity contribution in [1.29, 1.82) is 0 Å². The van der Waals surface area contributed by atoms with Gasteiger partial charge in [0, 0.05) is 47.0 Å². The predicted molar refractivity (Wildman–Crippen MR) is 110 cm³/mol. The normalized spacial score (nSPS) is 21.4. The van der Waals surface area contributed by atoms with Crippen molar-refractivity contribution >= 4 is 37.4 Å². The molecule has 29 heavy (non-hydrogen) atoms. The van der Waals surface area contributed by atoms with Gasteiger partial charge in [-0.15, -0.1) is 0 Å². The highest BCUT2D eigenvalue weighted by Gasteiger charge is 2.22. The second kappa shape index (κ2) is 7.83. The van der Waals surface area contributed by atoms with Crippen molar-refractivity contribution in [3.05, 3.63) is 45.8 Å². The first-order valence-electron chi connectivity index (χ1n) is 9.56. The van der Waals surface area contributed by atoms with Gasteiger partial charge in [-0.25, -0.2) is 13.8 Å². The number of benzene rings is 2. The molecule has 9 heteroatoms. The quantitative estimate of drug-likeness (QED) is 0.670. The summed E-state index contributed by atoms with van der Waals surface area (Å²) in [5.74, 6) is -0.964. The van der Waals surface area contributed by atoms with E-state index in [2.05, 4.69) is 14.8 Å². The number of hydrogen-bond donors (Lipinski definition) is 0. The minimum absolute atomic E-state index is 0.130. The molecule has 2 aromatic carbocycles. The molecule has 0 aliphatic carbocycles. The number of fused-ring (bicyclic) bond motifs is 2.